The summed E-state index contributed by atoms with van der Waals surface area (Å²) in [4.78, 5) is 0. The normalized spacial score (nSPS) is 16.9. The number of rotatable bonds is 4. The smallest absolute Gasteiger partial charge is 0.125 e. The summed E-state index contributed by atoms with van der Waals surface area (Å²) in [5.74, 6) is 0.698. The van der Waals surface area contributed by atoms with Gasteiger partial charge in [0.2, 0.25) is 0 Å². The average molecular weight is 292 g/mol. The van der Waals surface area contributed by atoms with Gasteiger partial charge in [-0.05, 0) is 5.56 Å². The Kier molecular flexibility index (Phi) is 4.82. The van der Waals surface area contributed by atoms with Crippen molar-refractivity contribution in [3.63, 3.8) is 0 Å². The molecule has 0 aliphatic heterocycles. The van der Waals surface area contributed by atoms with Gasteiger partial charge in [0.25, 0.3) is 0 Å². The maximum absolute atomic E-state index is 2.38. The number of nitrogens with zero attached hydrogens (tertiary/aromatic N) is 2. The number of allylic oxidation sites excluding steroid dienone is 1. The van der Waals surface area contributed by atoms with Crippen molar-refractivity contribution in [3.05, 3.63) is 53.8 Å². The molecule has 2 aromatic rings. The molecule has 1 aromatic carbocycles. The van der Waals surface area contributed by atoms with Gasteiger partial charge in [-0.2, -0.15) is 7.28 Å². The quantitative estimate of drug-likeness (QED) is 0.605. The van der Waals surface area contributed by atoms with E-state index in [1.807, 2.05) is 0 Å². The van der Waals surface area contributed by atoms with Crippen LogP contribution in [0.2, 0.25) is 0 Å². The lowest BCUT2D eigenvalue weighted by atomic mass is 9.60. The number of aryl methyl sites for hydroxylation is 2. The topological polar surface area (TPSA) is 8.81 Å². The highest BCUT2D eigenvalue weighted by Crippen LogP contribution is 2.30. The maximum Gasteiger partial charge on any atom is 0.125 e. The first-order chi connectivity index (χ1) is 10.7. The maximum atomic E-state index is 2.38. The third-order valence-corrected chi connectivity index (χ3v) is 4.74. The minimum absolute atomic E-state index is 0.698. The van der Waals surface area contributed by atoms with Crippen molar-refractivity contribution in [1.29, 1.82) is 0 Å². The van der Waals surface area contributed by atoms with E-state index in [0.717, 1.165) is 0 Å². The van der Waals surface area contributed by atoms with E-state index in [1.54, 1.807) is 0 Å². The van der Waals surface area contributed by atoms with Gasteiger partial charge in [0.1, 0.15) is 12.4 Å². The Hall–Kier alpha value is -1.77. The summed E-state index contributed by atoms with van der Waals surface area (Å²) < 4.78 is 4.39. The molecule has 0 bridgehead atoms. The molecule has 1 aliphatic carbocycles. The molecule has 0 saturated heterocycles. The van der Waals surface area contributed by atoms with Gasteiger partial charge in [0.05, 0.1) is 14.1 Å². The van der Waals surface area contributed by atoms with Crippen molar-refractivity contribution in [2.24, 2.45) is 20.0 Å². The molecule has 0 unspecified atom stereocenters. The first kappa shape index (κ1) is 15.1. The monoisotopic (exact) mass is 292 g/mol. The molecule has 3 heteroatoms. The second-order valence-corrected chi connectivity index (χ2v) is 6.41. The second kappa shape index (κ2) is 7.00. The zero-order chi connectivity index (χ0) is 15.4. The highest BCUT2D eigenvalue weighted by molar-refractivity contribution is 6.59. The Morgan fingerprint density at radius 3 is 2.55 bits per heavy atom. The van der Waals surface area contributed by atoms with Crippen LogP contribution in [0.4, 0.5) is 0 Å². The summed E-state index contributed by atoms with van der Waals surface area (Å²) in [6.07, 6.45) is 13.4. The Labute approximate surface area is 134 Å². The molecule has 2 radical (unpaired) electrons. The summed E-state index contributed by atoms with van der Waals surface area (Å²) in [5, 5.41) is 0. The van der Waals surface area contributed by atoms with Crippen LogP contribution < -0.4 is 10.3 Å². The average Bonchev–Trinajstić information content (AvgIpc) is 2.88. The first-order valence-electron chi connectivity index (χ1n) is 8.36. The highest BCUT2D eigenvalue weighted by atomic mass is 15.1. The fourth-order valence-corrected chi connectivity index (χ4v) is 3.41. The summed E-state index contributed by atoms with van der Waals surface area (Å²) in [6, 6.07) is 10.7. The number of hydrogen-bond acceptors (Lipinski definition) is 0. The SMILES string of the molecule is Cn1cc[n+](C)c1[B-]/C(=C\c1ccccc1)C1CCCCC1. The van der Waals surface area contributed by atoms with Crippen molar-refractivity contribution in [2.75, 3.05) is 0 Å². The molecule has 1 aromatic heterocycles. The highest BCUT2D eigenvalue weighted by Gasteiger charge is 2.14. The van der Waals surface area contributed by atoms with Gasteiger partial charge in [0.15, 0.2) is 0 Å². The minimum Gasteiger partial charge on any atom is -0.285 e. The van der Waals surface area contributed by atoms with Crippen LogP contribution in [-0.4, -0.2) is 11.8 Å². The second-order valence-electron chi connectivity index (χ2n) is 6.41. The predicted octanol–water partition coefficient (Wildman–Crippen LogP) is 2.80. The third-order valence-electron chi connectivity index (χ3n) is 4.74. The van der Waals surface area contributed by atoms with Crippen LogP contribution in [0.1, 0.15) is 37.7 Å². The van der Waals surface area contributed by atoms with E-state index in [1.165, 1.54) is 48.9 Å². The van der Waals surface area contributed by atoms with Gasteiger partial charge in [0, 0.05) is 5.72 Å². The number of aromatic nitrogens is 2. The molecule has 0 N–H and O–H groups in total. The third kappa shape index (κ3) is 3.52. The van der Waals surface area contributed by atoms with Crippen LogP contribution in [0.25, 0.3) is 6.08 Å². The summed E-state index contributed by atoms with van der Waals surface area (Å²) in [5.41, 5.74) is 4.03. The molecule has 1 fully saturated rings. The van der Waals surface area contributed by atoms with Crippen LogP contribution >= 0.6 is 0 Å². The van der Waals surface area contributed by atoms with E-state index >= 15 is 0 Å². The van der Waals surface area contributed by atoms with Gasteiger partial charge in [-0.3, -0.25) is 14.6 Å². The summed E-state index contributed by atoms with van der Waals surface area (Å²) >= 11 is 0. The van der Waals surface area contributed by atoms with Crippen molar-refractivity contribution >= 4 is 19.1 Å². The fraction of sp³-hybridized carbons (Fsp3) is 0.421. The molecular formula is C19H25BN2. The van der Waals surface area contributed by atoms with Crippen molar-refractivity contribution < 1.29 is 4.57 Å². The van der Waals surface area contributed by atoms with E-state index in [-0.39, 0.29) is 0 Å². The van der Waals surface area contributed by atoms with Crippen LogP contribution in [0.15, 0.2) is 48.2 Å². The Morgan fingerprint density at radius 2 is 1.91 bits per heavy atom. The summed E-state index contributed by atoms with van der Waals surface area (Å²) in [6.45, 7) is 0. The molecule has 1 saturated carbocycles. The van der Waals surface area contributed by atoms with Crippen LogP contribution in [-0.2, 0) is 14.1 Å². The number of hydrogen-bond donors (Lipinski definition) is 0. The lowest BCUT2D eigenvalue weighted by Gasteiger charge is -2.32. The van der Waals surface area contributed by atoms with E-state index in [0.29, 0.717) is 5.92 Å². The molecule has 22 heavy (non-hydrogen) atoms. The van der Waals surface area contributed by atoms with Gasteiger partial charge in [-0.15, -0.1) is 0 Å². The van der Waals surface area contributed by atoms with E-state index in [9.17, 15) is 0 Å². The minimum atomic E-state index is 0.698. The zero-order valence-corrected chi connectivity index (χ0v) is 13.7. The van der Waals surface area contributed by atoms with Gasteiger partial charge < -0.3 is 0 Å². The predicted molar refractivity (Wildman–Crippen MR) is 93.0 cm³/mol. The lowest BCUT2D eigenvalue weighted by molar-refractivity contribution is -0.652. The molecule has 1 aliphatic rings. The van der Waals surface area contributed by atoms with Crippen molar-refractivity contribution in [3.8, 4) is 0 Å². The molecule has 3 rings (SSSR count). The van der Waals surface area contributed by atoms with Crippen LogP contribution in [0.3, 0.4) is 0 Å². The zero-order valence-electron chi connectivity index (χ0n) is 13.7. The molecule has 0 spiro atoms. The Morgan fingerprint density at radius 1 is 1.18 bits per heavy atom. The van der Waals surface area contributed by atoms with Crippen LogP contribution in [0, 0.1) is 5.92 Å². The Bertz CT molecular complexity index is 617. The summed E-state index contributed by atoms with van der Waals surface area (Å²) in [7, 11) is 6.61. The van der Waals surface area contributed by atoms with Crippen molar-refractivity contribution in [2.45, 2.75) is 32.1 Å². The standard InChI is InChI=1S/C19H25BN2/c1-21-13-14-22(2)19(21)20-18(17-11-7-4-8-12-17)15-16-9-5-3-6-10-16/h3,5-6,9-10,13-15,17H,4,7-8,11-12H2,1-2H3/b18-15-. The van der Waals surface area contributed by atoms with Crippen LogP contribution in [0.5, 0.6) is 0 Å². The largest absolute Gasteiger partial charge is 0.285 e. The van der Waals surface area contributed by atoms with Gasteiger partial charge >= 0.3 is 0 Å². The number of imidazole rings is 1. The molecule has 0 atom stereocenters. The van der Waals surface area contributed by atoms with Crippen molar-refractivity contribution in [1.82, 2.24) is 4.57 Å². The molecule has 2 nitrogen and oxygen atoms in total. The van der Waals surface area contributed by atoms with Gasteiger partial charge in [-0.1, -0.05) is 74.4 Å². The van der Waals surface area contributed by atoms with E-state index in [2.05, 4.69) is 79.3 Å². The molecular weight excluding hydrogens is 267 g/mol. The first-order valence-corrected chi connectivity index (χ1v) is 8.36. The Balaban J connectivity index is 1.90. The molecule has 114 valence electrons. The van der Waals surface area contributed by atoms with Gasteiger partial charge in [-0.25, -0.2) is 0 Å². The fourth-order valence-electron chi connectivity index (χ4n) is 3.41. The lowest BCUT2D eigenvalue weighted by Crippen LogP contribution is -2.50. The molecule has 0 amide bonds. The van der Waals surface area contributed by atoms with E-state index in [4.69, 9.17) is 0 Å². The molecule has 1 heterocycles. The van der Waals surface area contributed by atoms with E-state index < -0.39 is 0 Å². The number of benzene rings is 1.